The fourth-order valence-corrected chi connectivity index (χ4v) is 6.69. The van der Waals surface area contributed by atoms with Crippen LogP contribution in [0.2, 0.25) is 0 Å². The Kier molecular flexibility index (Phi) is 50.6. The molecule has 0 aliphatic rings. The molecular formula is C61H96O6. The molecule has 0 rings (SSSR count). The van der Waals surface area contributed by atoms with Crippen molar-refractivity contribution in [1.82, 2.24) is 0 Å². The molecule has 0 aliphatic carbocycles. The molecule has 67 heavy (non-hydrogen) atoms. The Bertz CT molecular complexity index is 1480. The zero-order chi connectivity index (χ0) is 48.6. The average molecular weight is 925 g/mol. The lowest BCUT2D eigenvalue weighted by Crippen LogP contribution is -2.30. The number of hydrogen-bond donors (Lipinski definition) is 0. The summed E-state index contributed by atoms with van der Waals surface area (Å²) in [7, 11) is 0. The van der Waals surface area contributed by atoms with Gasteiger partial charge in [-0.3, -0.25) is 14.4 Å². The summed E-state index contributed by atoms with van der Waals surface area (Å²) in [6.07, 6.45) is 75.9. The van der Waals surface area contributed by atoms with Gasteiger partial charge in [0.05, 0.1) is 0 Å². The lowest BCUT2D eigenvalue weighted by molar-refractivity contribution is -0.166. The number of hydrogen-bond acceptors (Lipinski definition) is 6. The van der Waals surface area contributed by atoms with Crippen LogP contribution in [-0.4, -0.2) is 37.2 Å². The summed E-state index contributed by atoms with van der Waals surface area (Å²) in [5.41, 5.74) is 0. The molecule has 0 heterocycles. The predicted octanol–water partition coefficient (Wildman–Crippen LogP) is 17.9. The van der Waals surface area contributed by atoms with Gasteiger partial charge in [0.15, 0.2) is 6.10 Å². The predicted molar refractivity (Wildman–Crippen MR) is 288 cm³/mol. The van der Waals surface area contributed by atoms with Crippen LogP contribution in [-0.2, 0) is 28.6 Å². The van der Waals surface area contributed by atoms with Crippen LogP contribution in [0.25, 0.3) is 0 Å². The molecule has 0 aromatic rings. The van der Waals surface area contributed by atoms with E-state index in [1.54, 1.807) is 0 Å². The fraction of sp³-hybridized carbons (Fsp3) is 0.590. The van der Waals surface area contributed by atoms with E-state index < -0.39 is 6.10 Å². The third kappa shape index (κ3) is 52.4. The maximum absolute atomic E-state index is 12.8. The highest BCUT2D eigenvalue weighted by atomic mass is 16.6. The molecule has 6 heteroatoms. The van der Waals surface area contributed by atoms with Crippen LogP contribution in [0.3, 0.4) is 0 Å². The molecule has 0 saturated carbocycles. The number of unbranched alkanes of at least 4 members (excludes halogenated alkanes) is 13. The van der Waals surface area contributed by atoms with E-state index in [9.17, 15) is 14.4 Å². The monoisotopic (exact) mass is 925 g/mol. The molecule has 0 fully saturated rings. The van der Waals surface area contributed by atoms with Gasteiger partial charge in [0.2, 0.25) is 0 Å². The van der Waals surface area contributed by atoms with Crippen molar-refractivity contribution in [2.45, 2.75) is 219 Å². The largest absolute Gasteiger partial charge is 0.462 e. The van der Waals surface area contributed by atoms with E-state index >= 15 is 0 Å². The highest BCUT2D eigenvalue weighted by molar-refractivity contribution is 5.71. The van der Waals surface area contributed by atoms with Crippen LogP contribution in [0, 0.1) is 0 Å². The van der Waals surface area contributed by atoms with E-state index in [0.717, 1.165) is 96.3 Å². The van der Waals surface area contributed by atoms with Crippen molar-refractivity contribution >= 4 is 17.9 Å². The average Bonchev–Trinajstić information content (AvgIpc) is 3.33. The molecule has 1 atom stereocenters. The van der Waals surface area contributed by atoms with Gasteiger partial charge in [-0.25, -0.2) is 0 Å². The van der Waals surface area contributed by atoms with Crippen molar-refractivity contribution in [2.24, 2.45) is 0 Å². The molecular weight excluding hydrogens is 829 g/mol. The summed E-state index contributed by atoms with van der Waals surface area (Å²) in [6, 6.07) is 0. The zero-order valence-electron chi connectivity index (χ0n) is 42.9. The minimum atomic E-state index is -0.837. The van der Waals surface area contributed by atoms with Crippen molar-refractivity contribution in [1.29, 1.82) is 0 Å². The van der Waals surface area contributed by atoms with Crippen LogP contribution in [0.1, 0.15) is 213 Å². The summed E-state index contributed by atoms with van der Waals surface area (Å²) in [4.78, 5) is 38.0. The lowest BCUT2D eigenvalue weighted by atomic mass is 10.1. The highest BCUT2D eigenvalue weighted by Crippen LogP contribution is 2.12. The van der Waals surface area contributed by atoms with Gasteiger partial charge in [-0.1, -0.05) is 206 Å². The van der Waals surface area contributed by atoms with Gasteiger partial charge < -0.3 is 14.2 Å². The third-order valence-electron chi connectivity index (χ3n) is 10.6. The minimum absolute atomic E-state index is 0.125. The number of allylic oxidation sites excluding steroid dienone is 22. The summed E-state index contributed by atoms with van der Waals surface area (Å²) in [5, 5.41) is 0. The second-order valence-electron chi connectivity index (χ2n) is 17.0. The Morgan fingerprint density at radius 2 is 0.612 bits per heavy atom. The first-order valence-electron chi connectivity index (χ1n) is 26.7. The molecule has 0 aromatic carbocycles. The van der Waals surface area contributed by atoms with Crippen LogP contribution in [0.5, 0.6) is 0 Å². The van der Waals surface area contributed by atoms with Gasteiger partial charge in [-0.15, -0.1) is 0 Å². The number of ether oxygens (including phenoxy) is 3. The first-order chi connectivity index (χ1) is 33.0. The van der Waals surface area contributed by atoms with Gasteiger partial charge in [0.25, 0.3) is 0 Å². The van der Waals surface area contributed by atoms with E-state index in [0.29, 0.717) is 19.3 Å². The van der Waals surface area contributed by atoms with E-state index in [-0.39, 0.29) is 44.0 Å². The van der Waals surface area contributed by atoms with Gasteiger partial charge in [0, 0.05) is 19.3 Å². The van der Waals surface area contributed by atoms with Crippen LogP contribution in [0.4, 0.5) is 0 Å². The molecule has 0 N–H and O–H groups in total. The number of rotatable bonds is 46. The zero-order valence-corrected chi connectivity index (χ0v) is 42.9. The fourth-order valence-electron chi connectivity index (χ4n) is 6.69. The lowest BCUT2D eigenvalue weighted by Gasteiger charge is -2.18. The topological polar surface area (TPSA) is 78.9 Å². The van der Waals surface area contributed by atoms with E-state index in [1.807, 2.05) is 12.2 Å². The second-order valence-corrected chi connectivity index (χ2v) is 17.0. The Balaban J connectivity index is 4.59. The Labute approximate surface area is 411 Å². The Hall–Kier alpha value is -4.45. The number of esters is 3. The maximum atomic E-state index is 12.8. The summed E-state index contributed by atoms with van der Waals surface area (Å²) in [5.74, 6) is -1.07. The van der Waals surface area contributed by atoms with Gasteiger partial charge in [-0.05, 0) is 122 Å². The molecule has 0 aromatic heterocycles. The van der Waals surface area contributed by atoms with Crippen molar-refractivity contribution in [2.75, 3.05) is 13.2 Å². The Morgan fingerprint density at radius 3 is 1.04 bits per heavy atom. The van der Waals surface area contributed by atoms with Crippen molar-refractivity contribution < 1.29 is 28.6 Å². The first kappa shape index (κ1) is 62.5. The van der Waals surface area contributed by atoms with E-state index in [1.165, 1.54) is 64.2 Å². The van der Waals surface area contributed by atoms with Gasteiger partial charge in [-0.2, -0.15) is 0 Å². The van der Waals surface area contributed by atoms with E-state index in [2.05, 4.69) is 142 Å². The smallest absolute Gasteiger partial charge is 0.306 e. The van der Waals surface area contributed by atoms with Crippen molar-refractivity contribution in [3.05, 3.63) is 134 Å². The van der Waals surface area contributed by atoms with Gasteiger partial charge in [0.1, 0.15) is 13.2 Å². The van der Waals surface area contributed by atoms with Gasteiger partial charge >= 0.3 is 17.9 Å². The summed E-state index contributed by atoms with van der Waals surface area (Å²) >= 11 is 0. The maximum Gasteiger partial charge on any atom is 0.306 e. The van der Waals surface area contributed by atoms with Crippen LogP contribution < -0.4 is 0 Å². The molecule has 0 amide bonds. The molecule has 6 nitrogen and oxygen atoms in total. The number of carbonyl (C=O) groups excluding carboxylic acids is 3. The SMILES string of the molecule is CC/C=C\C/C=C\C/C=C\C/C=C\C/C=C\C/C=C\CCC(=O)OC[C@H](COC(=O)CCCCCCCCC/C=C\CCCCCC)OC(=O)CCCC/C=C\C/C=C\C/C=C\C/C=C\CC. The normalized spacial score (nSPS) is 13.2. The first-order valence-corrected chi connectivity index (χ1v) is 26.7. The molecule has 376 valence electrons. The van der Waals surface area contributed by atoms with Crippen LogP contribution >= 0.6 is 0 Å². The molecule has 0 saturated heterocycles. The third-order valence-corrected chi connectivity index (χ3v) is 10.6. The second kappa shape index (κ2) is 54.2. The highest BCUT2D eigenvalue weighted by Gasteiger charge is 2.19. The summed E-state index contributed by atoms with van der Waals surface area (Å²) in [6.45, 7) is 6.27. The Morgan fingerprint density at radius 1 is 0.313 bits per heavy atom. The quantitative estimate of drug-likeness (QED) is 0.0262. The standard InChI is InChI=1S/C61H96O6/c1-4-7-10-13-16-19-22-25-28-29-30-31-34-36-39-42-45-48-51-54-60(63)66-57-58(67-61(64)55-52-49-46-43-40-37-33-27-24-21-18-15-12-9-6-3)56-65-59(62)53-50-47-44-41-38-35-32-26-23-20-17-14-11-8-5-2/h7,9-10,12,16,18-21,23,25,27-28,30-31,33,36,39-40,43,45,48,58H,4-6,8,11,13-15,17,22,24,26,29,32,34-35,37-38,41-42,44,46-47,49-57H2,1-3H3/b10-7-,12-9-,19-16-,21-18-,23-20-,28-25-,31-30-,33-27-,39-36-,43-40-,48-45-/t58-/m0/s1. The molecule has 0 unspecified atom stereocenters. The van der Waals surface area contributed by atoms with E-state index in [4.69, 9.17) is 14.2 Å². The molecule has 0 spiro atoms. The number of carbonyl (C=O) groups is 3. The molecule has 0 bridgehead atoms. The van der Waals surface area contributed by atoms with Crippen LogP contribution in [0.15, 0.2) is 134 Å². The minimum Gasteiger partial charge on any atom is -0.462 e. The van der Waals surface area contributed by atoms with Crippen molar-refractivity contribution in [3.63, 3.8) is 0 Å². The molecule has 0 aliphatic heterocycles. The molecule has 0 radical (unpaired) electrons. The van der Waals surface area contributed by atoms with Crippen molar-refractivity contribution in [3.8, 4) is 0 Å². The summed E-state index contributed by atoms with van der Waals surface area (Å²) < 4.78 is 16.7.